The summed E-state index contributed by atoms with van der Waals surface area (Å²) in [6.07, 6.45) is 1.57. The van der Waals surface area contributed by atoms with Gasteiger partial charge in [-0.25, -0.2) is 0 Å². The normalized spacial score (nSPS) is 11.0. The average Bonchev–Trinajstić information content (AvgIpc) is 2.93. The minimum Gasteiger partial charge on any atom is -0.497 e. The van der Waals surface area contributed by atoms with Crippen LogP contribution in [0.1, 0.15) is 11.1 Å². The molecule has 0 saturated carbocycles. The molecule has 0 spiro atoms. The van der Waals surface area contributed by atoms with Crippen LogP contribution in [-0.2, 0) is 0 Å². The molecule has 0 unspecified atom stereocenters. The van der Waals surface area contributed by atoms with E-state index in [9.17, 15) is 14.9 Å². The summed E-state index contributed by atoms with van der Waals surface area (Å²) >= 11 is 0. The molecule has 5 rings (SSSR count). The quantitative estimate of drug-likeness (QED) is 0.359. The fraction of sp³-hybridized carbons (Fsp3) is 0.0357. The minimum absolute atomic E-state index is 0.0492. The highest BCUT2D eigenvalue weighted by Crippen LogP contribution is 2.23. The Hall–Kier alpha value is -5.29. The van der Waals surface area contributed by atoms with Gasteiger partial charge in [-0.15, -0.1) is 0 Å². The Kier molecular flexibility index (Phi) is 5.95. The molecular weight excluding hydrogens is 454 g/mol. The van der Waals surface area contributed by atoms with Gasteiger partial charge in [0.15, 0.2) is 5.52 Å². The van der Waals surface area contributed by atoms with Crippen molar-refractivity contribution in [2.75, 3.05) is 7.11 Å². The van der Waals surface area contributed by atoms with Gasteiger partial charge in [0.25, 0.3) is 11.1 Å². The molecule has 3 aromatic carbocycles. The van der Waals surface area contributed by atoms with E-state index < -0.39 is 11.1 Å². The lowest BCUT2D eigenvalue weighted by Crippen LogP contribution is -2.28. The number of pyridine rings is 1. The minimum atomic E-state index is -0.626. The predicted molar refractivity (Wildman–Crippen MR) is 138 cm³/mol. The zero-order valence-corrected chi connectivity index (χ0v) is 19.2. The molecule has 0 saturated heterocycles. The number of nitriles is 1. The van der Waals surface area contributed by atoms with Gasteiger partial charge < -0.3 is 4.74 Å². The Labute approximate surface area is 205 Å². The lowest BCUT2D eigenvalue weighted by atomic mass is 10.1. The van der Waals surface area contributed by atoms with E-state index >= 15 is 0 Å². The van der Waals surface area contributed by atoms with Crippen molar-refractivity contribution in [3.05, 3.63) is 123 Å². The zero-order valence-electron chi connectivity index (χ0n) is 19.2. The van der Waals surface area contributed by atoms with Crippen molar-refractivity contribution < 1.29 is 4.74 Å². The standard InChI is InChI=1S/C28H19N5O3/c1-36-22-14-12-21(13-15-22)32-27(34)24(17-29)23-16-25(20-10-6-3-7-11-20)33(28(35)26(23)31-32)30-18-19-8-4-2-5-9-19/h2-16,18H,1H3/b30-18+. The van der Waals surface area contributed by atoms with Crippen molar-refractivity contribution >= 4 is 17.1 Å². The van der Waals surface area contributed by atoms with Crippen molar-refractivity contribution in [2.45, 2.75) is 0 Å². The maximum atomic E-state index is 13.7. The van der Waals surface area contributed by atoms with E-state index in [0.29, 0.717) is 22.7 Å². The second-order valence-corrected chi connectivity index (χ2v) is 7.83. The van der Waals surface area contributed by atoms with Gasteiger partial charge in [-0.3, -0.25) is 9.59 Å². The molecule has 36 heavy (non-hydrogen) atoms. The topological polar surface area (TPSA) is 102 Å². The highest BCUT2D eigenvalue weighted by molar-refractivity contribution is 5.87. The Morgan fingerprint density at radius 3 is 2.22 bits per heavy atom. The van der Waals surface area contributed by atoms with Gasteiger partial charge in [0, 0.05) is 10.9 Å². The summed E-state index contributed by atoms with van der Waals surface area (Å²) in [6, 6.07) is 28.7. The van der Waals surface area contributed by atoms with E-state index in [4.69, 9.17) is 4.74 Å². The molecule has 0 radical (unpaired) electrons. The third-order valence-electron chi connectivity index (χ3n) is 5.66. The lowest BCUT2D eigenvalue weighted by molar-refractivity contribution is 0.414. The summed E-state index contributed by atoms with van der Waals surface area (Å²) in [6.45, 7) is 0. The molecule has 8 nitrogen and oxygen atoms in total. The van der Waals surface area contributed by atoms with Crippen molar-refractivity contribution in [3.63, 3.8) is 0 Å². The van der Waals surface area contributed by atoms with Crippen LogP contribution in [0.4, 0.5) is 0 Å². The highest BCUT2D eigenvalue weighted by Gasteiger charge is 2.19. The molecular formula is C28H19N5O3. The van der Waals surface area contributed by atoms with Crippen LogP contribution in [-0.4, -0.2) is 27.8 Å². The van der Waals surface area contributed by atoms with Crippen molar-refractivity contribution in [2.24, 2.45) is 5.10 Å². The first-order valence-corrected chi connectivity index (χ1v) is 11.0. The number of hydrogen-bond donors (Lipinski definition) is 0. The summed E-state index contributed by atoms with van der Waals surface area (Å²) in [7, 11) is 1.53. The van der Waals surface area contributed by atoms with E-state index in [-0.39, 0.29) is 16.5 Å². The maximum Gasteiger partial charge on any atom is 0.299 e. The van der Waals surface area contributed by atoms with E-state index in [1.807, 2.05) is 66.7 Å². The van der Waals surface area contributed by atoms with Crippen LogP contribution in [0.3, 0.4) is 0 Å². The monoisotopic (exact) mass is 473 g/mol. The Balaban J connectivity index is 1.82. The molecule has 174 valence electrons. The number of hydrogen-bond acceptors (Lipinski definition) is 6. The Bertz CT molecular complexity index is 1750. The summed E-state index contributed by atoms with van der Waals surface area (Å²) in [5, 5.41) is 18.9. The fourth-order valence-electron chi connectivity index (χ4n) is 3.84. The number of fused-ring (bicyclic) bond motifs is 1. The van der Waals surface area contributed by atoms with Gasteiger partial charge in [0.05, 0.1) is 24.7 Å². The SMILES string of the molecule is COc1ccc(-n2nc3c(=O)n(/N=C/c4ccccc4)c(-c4ccccc4)cc3c(C#N)c2=O)cc1. The summed E-state index contributed by atoms with van der Waals surface area (Å²) < 4.78 is 7.46. The van der Waals surface area contributed by atoms with Crippen LogP contribution in [0.15, 0.2) is 106 Å². The van der Waals surface area contributed by atoms with Crippen LogP contribution in [0.5, 0.6) is 5.75 Å². The molecule has 0 atom stereocenters. The van der Waals surface area contributed by atoms with Crippen LogP contribution in [0.2, 0.25) is 0 Å². The molecule has 0 bridgehead atoms. The molecule has 0 aliphatic carbocycles. The third kappa shape index (κ3) is 4.06. The molecule has 0 N–H and O–H groups in total. The van der Waals surface area contributed by atoms with Gasteiger partial charge in [-0.05, 0) is 35.9 Å². The molecule has 8 heteroatoms. The van der Waals surface area contributed by atoms with Gasteiger partial charge in [-0.2, -0.15) is 24.8 Å². The first kappa shape index (κ1) is 22.5. The summed E-state index contributed by atoms with van der Waals surface area (Å²) in [4.78, 5) is 27.0. The average molecular weight is 473 g/mol. The lowest BCUT2D eigenvalue weighted by Gasteiger charge is -2.13. The van der Waals surface area contributed by atoms with Crippen molar-refractivity contribution in [3.8, 4) is 28.8 Å². The largest absolute Gasteiger partial charge is 0.497 e. The van der Waals surface area contributed by atoms with Gasteiger partial charge >= 0.3 is 0 Å². The van der Waals surface area contributed by atoms with Crippen LogP contribution >= 0.6 is 0 Å². The van der Waals surface area contributed by atoms with Gasteiger partial charge in [0.2, 0.25) is 0 Å². The van der Waals surface area contributed by atoms with E-state index in [1.165, 1.54) is 11.8 Å². The van der Waals surface area contributed by atoms with E-state index in [0.717, 1.165) is 10.2 Å². The smallest absolute Gasteiger partial charge is 0.299 e. The summed E-state index contributed by atoms with van der Waals surface area (Å²) in [5.74, 6) is 0.596. The van der Waals surface area contributed by atoms with Crippen LogP contribution in [0, 0.1) is 11.3 Å². The molecule has 5 aromatic rings. The first-order chi connectivity index (χ1) is 17.6. The van der Waals surface area contributed by atoms with E-state index in [1.54, 1.807) is 36.5 Å². The third-order valence-corrected chi connectivity index (χ3v) is 5.66. The molecule has 2 heterocycles. The van der Waals surface area contributed by atoms with Crippen molar-refractivity contribution in [1.82, 2.24) is 14.5 Å². The van der Waals surface area contributed by atoms with Crippen LogP contribution < -0.4 is 15.9 Å². The van der Waals surface area contributed by atoms with Crippen molar-refractivity contribution in [1.29, 1.82) is 5.26 Å². The number of methoxy groups -OCH3 is 1. The number of benzene rings is 3. The second-order valence-electron chi connectivity index (χ2n) is 7.83. The molecule has 0 aliphatic heterocycles. The van der Waals surface area contributed by atoms with Gasteiger partial charge in [-0.1, -0.05) is 60.7 Å². The highest BCUT2D eigenvalue weighted by atomic mass is 16.5. The first-order valence-electron chi connectivity index (χ1n) is 11.0. The van der Waals surface area contributed by atoms with Crippen LogP contribution in [0.25, 0.3) is 27.8 Å². The zero-order chi connectivity index (χ0) is 25.1. The summed E-state index contributed by atoms with van der Waals surface area (Å²) in [5.41, 5.74) is 0.917. The molecule has 0 aliphatic rings. The Morgan fingerprint density at radius 2 is 1.58 bits per heavy atom. The predicted octanol–water partition coefficient (Wildman–Crippen LogP) is 3.98. The van der Waals surface area contributed by atoms with E-state index in [2.05, 4.69) is 10.2 Å². The molecule has 0 fully saturated rings. The number of ether oxygens (including phenoxy) is 1. The Morgan fingerprint density at radius 1 is 0.917 bits per heavy atom. The second kappa shape index (κ2) is 9.52. The number of aromatic nitrogens is 3. The fourth-order valence-corrected chi connectivity index (χ4v) is 3.84. The maximum absolute atomic E-state index is 13.7. The number of nitrogens with zero attached hydrogens (tertiary/aromatic N) is 5. The van der Waals surface area contributed by atoms with Gasteiger partial charge in [0.1, 0.15) is 17.4 Å². The molecule has 0 amide bonds. The molecule has 2 aromatic heterocycles. The number of rotatable bonds is 5.